The molecule has 0 bridgehead atoms. The molecule has 3 rings (SSSR count). The maximum absolute atomic E-state index is 12.1. The lowest BCUT2D eigenvalue weighted by Gasteiger charge is -2.47. The average Bonchev–Trinajstić information content (AvgIpc) is 2.95. The third-order valence-corrected chi connectivity index (χ3v) is 11.5. The van der Waals surface area contributed by atoms with E-state index in [0.29, 0.717) is 12.3 Å². The van der Waals surface area contributed by atoms with Crippen molar-refractivity contribution in [3.05, 3.63) is 16.7 Å². The van der Waals surface area contributed by atoms with E-state index in [9.17, 15) is 13.2 Å². The van der Waals surface area contributed by atoms with Crippen molar-refractivity contribution in [3.8, 4) is 0 Å². The minimum Gasteiger partial charge on any atom is -0.417 e. The first-order valence-electron chi connectivity index (χ1n) is 9.90. The van der Waals surface area contributed by atoms with Gasteiger partial charge in [-0.25, -0.2) is 4.98 Å². The number of aromatic amines is 1. The maximum atomic E-state index is 12.1. The Kier molecular flexibility index (Phi) is 5.91. The fourth-order valence-electron chi connectivity index (χ4n) is 3.46. The van der Waals surface area contributed by atoms with Gasteiger partial charge in [0.15, 0.2) is 19.5 Å². The number of anilines is 1. The summed E-state index contributed by atoms with van der Waals surface area (Å²) in [6, 6.07) is -0.113. The predicted molar refractivity (Wildman–Crippen MR) is 117 cm³/mol. The molecule has 2 aromatic heterocycles. The van der Waals surface area contributed by atoms with Crippen LogP contribution in [-0.4, -0.2) is 55.7 Å². The first kappa shape index (κ1) is 22.9. The molecular formula is C18H31N5O5SSi. The molecule has 0 saturated heterocycles. The molecule has 0 radical (unpaired) electrons. The van der Waals surface area contributed by atoms with E-state index in [1.165, 1.54) is 0 Å². The Morgan fingerprint density at radius 2 is 2.00 bits per heavy atom. The third kappa shape index (κ3) is 4.61. The van der Waals surface area contributed by atoms with Crippen LogP contribution < -0.4 is 11.3 Å². The molecule has 168 valence electrons. The van der Waals surface area contributed by atoms with E-state index >= 15 is 0 Å². The molecule has 3 N–H and O–H groups in total. The molecule has 12 heteroatoms. The molecule has 2 heterocycles. The Morgan fingerprint density at radius 1 is 1.33 bits per heavy atom. The van der Waals surface area contributed by atoms with Gasteiger partial charge in [-0.1, -0.05) is 20.8 Å². The van der Waals surface area contributed by atoms with Gasteiger partial charge >= 0.3 is 0 Å². The molecule has 1 saturated carbocycles. The number of hydrogen-bond acceptors (Lipinski definition) is 8. The fourth-order valence-corrected chi connectivity index (χ4v) is 4.92. The van der Waals surface area contributed by atoms with Crippen molar-refractivity contribution < 1.29 is 17.0 Å². The Bertz CT molecular complexity index is 1090. The van der Waals surface area contributed by atoms with Crippen molar-refractivity contribution in [2.24, 2.45) is 11.8 Å². The monoisotopic (exact) mass is 457 g/mol. The SMILES string of the molecule is CC(C)(C)[Si](C)(C)OCC1CC(n2cnc3c(=O)[nH]c(N)nc32)C1COS(C)(=O)=O. The van der Waals surface area contributed by atoms with Crippen molar-refractivity contribution in [1.82, 2.24) is 19.5 Å². The lowest BCUT2D eigenvalue weighted by Crippen LogP contribution is -2.48. The van der Waals surface area contributed by atoms with E-state index in [2.05, 4.69) is 48.8 Å². The van der Waals surface area contributed by atoms with Crippen LogP contribution in [0.5, 0.6) is 0 Å². The van der Waals surface area contributed by atoms with E-state index in [4.69, 9.17) is 14.3 Å². The summed E-state index contributed by atoms with van der Waals surface area (Å²) in [5.74, 6) is 0.0159. The summed E-state index contributed by atoms with van der Waals surface area (Å²) in [5.41, 5.74) is 5.88. The van der Waals surface area contributed by atoms with Crippen molar-refractivity contribution in [2.75, 3.05) is 25.2 Å². The zero-order chi connectivity index (χ0) is 22.5. The number of nitrogens with two attached hydrogens (primary N) is 1. The molecular weight excluding hydrogens is 426 g/mol. The summed E-state index contributed by atoms with van der Waals surface area (Å²) in [6.45, 7) is 11.5. The van der Waals surface area contributed by atoms with Crippen LogP contribution >= 0.6 is 0 Å². The first-order chi connectivity index (χ1) is 13.7. The van der Waals surface area contributed by atoms with Gasteiger partial charge in [-0.3, -0.25) is 14.0 Å². The van der Waals surface area contributed by atoms with Crippen molar-refractivity contribution in [3.63, 3.8) is 0 Å². The zero-order valence-electron chi connectivity index (χ0n) is 18.3. The Morgan fingerprint density at radius 3 is 2.60 bits per heavy atom. The number of imidazole rings is 1. The van der Waals surface area contributed by atoms with Crippen LogP contribution in [0.3, 0.4) is 0 Å². The lowest BCUT2D eigenvalue weighted by molar-refractivity contribution is 0.00651. The molecule has 0 spiro atoms. The van der Waals surface area contributed by atoms with Crippen LogP contribution in [0.1, 0.15) is 33.2 Å². The molecule has 1 fully saturated rings. The molecule has 1 aliphatic rings. The molecule has 1 aliphatic carbocycles. The summed E-state index contributed by atoms with van der Waals surface area (Å²) in [5, 5.41) is 0.0813. The Balaban J connectivity index is 1.84. The third-order valence-electron chi connectivity index (χ3n) is 6.39. The Hall–Kier alpha value is -1.76. The minimum absolute atomic E-state index is 0.00956. The number of nitrogens with zero attached hydrogens (tertiary/aromatic N) is 3. The second-order valence-corrected chi connectivity index (χ2v) is 16.0. The quantitative estimate of drug-likeness (QED) is 0.474. The van der Waals surface area contributed by atoms with Crippen LogP contribution in [0.2, 0.25) is 18.1 Å². The highest BCUT2D eigenvalue weighted by Gasteiger charge is 2.46. The normalized spacial score (nSPS) is 22.9. The van der Waals surface area contributed by atoms with Gasteiger partial charge in [0.1, 0.15) is 0 Å². The van der Waals surface area contributed by atoms with Crippen LogP contribution in [0, 0.1) is 11.8 Å². The highest BCUT2D eigenvalue weighted by molar-refractivity contribution is 7.85. The molecule has 2 aromatic rings. The van der Waals surface area contributed by atoms with Gasteiger partial charge in [-0.15, -0.1) is 0 Å². The first-order valence-corrected chi connectivity index (χ1v) is 14.6. The number of nitrogen functional groups attached to an aromatic ring is 1. The Labute approximate surface area is 177 Å². The summed E-state index contributed by atoms with van der Waals surface area (Å²) >= 11 is 0. The predicted octanol–water partition coefficient (Wildman–Crippen LogP) is 1.88. The number of hydrogen-bond donors (Lipinski definition) is 2. The second kappa shape index (κ2) is 7.73. The van der Waals surface area contributed by atoms with Crippen LogP contribution in [-0.2, 0) is 18.7 Å². The van der Waals surface area contributed by atoms with E-state index in [1.807, 2.05) is 0 Å². The standard InChI is InChI=1S/C18H31N5O5SSi/c1-18(2,3)30(5,6)28-8-11-7-13(12(11)9-27-29(4,25)26)23-10-20-14-15(23)21-17(19)22-16(14)24/h10-13H,7-9H2,1-6H3,(H3,19,21,22,24). The minimum atomic E-state index is -3.58. The van der Waals surface area contributed by atoms with Gasteiger partial charge in [0.2, 0.25) is 5.95 Å². The van der Waals surface area contributed by atoms with E-state index in [1.54, 1.807) is 10.9 Å². The molecule has 0 aromatic carbocycles. The molecule has 0 aliphatic heterocycles. The van der Waals surface area contributed by atoms with Gasteiger partial charge in [0, 0.05) is 18.6 Å². The number of fused-ring (bicyclic) bond motifs is 1. The number of rotatable bonds is 7. The molecule has 0 amide bonds. The van der Waals surface area contributed by atoms with Crippen LogP contribution in [0.4, 0.5) is 5.95 Å². The number of nitrogens with one attached hydrogen (secondary N) is 1. The van der Waals surface area contributed by atoms with Gasteiger partial charge < -0.3 is 14.7 Å². The van der Waals surface area contributed by atoms with Gasteiger partial charge in [-0.2, -0.15) is 13.4 Å². The molecule has 3 atom stereocenters. The second-order valence-electron chi connectivity index (χ2n) is 9.56. The molecule has 10 nitrogen and oxygen atoms in total. The van der Waals surface area contributed by atoms with Gasteiger partial charge in [0.05, 0.1) is 19.2 Å². The van der Waals surface area contributed by atoms with Crippen LogP contribution in [0.15, 0.2) is 11.1 Å². The van der Waals surface area contributed by atoms with Crippen molar-refractivity contribution in [2.45, 2.75) is 51.4 Å². The van der Waals surface area contributed by atoms with Gasteiger partial charge in [-0.05, 0) is 30.5 Å². The van der Waals surface area contributed by atoms with Crippen molar-refractivity contribution in [1.29, 1.82) is 0 Å². The zero-order valence-corrected chi connectivity index (χ0v) is 20.1. The summed E-state index contributed by atoms with van der Waals surface area (Å²) < 4.78 is 36.5. The van der Waals surface area contributed by atoms with Gasteiger partial charge in [0.25, 0.3) is 15.7 Å². The lowest BCUT2D eigenvalue weighted by atomic mass is 9.70. The maximum Gasteiger partial charge on any atom is 0.280 e. The molecule has 30 heavy (non-hydrogen) atoms. The van der Waals surface area contributed by atoms with E-state index < -0.39 is 24.0 Å². The largest absolute Gasteiger partial charge is 0.417 e. The fraction of sp³-hybridized carbons (Fsp3) is 0.722. The number of H-pyrrole nitrogens is 1. The summed E-state index contributed by atoms with van der Waals surface area (Å²) in [6.07, 6.45) is 3.33. The van der Waals surface area contributed by atoms with E-state index in [0.717, 1.165) is 12.7 Å². The molecule has 3 unspecified atom stereocenters. The average molecular weight is 458 g/mol. The number of aromatic nitrogens is 4. The highest BCUT2D eigenvalue weighted by atomic mass is 32.2. The topological polar surface area (TPSA) is 142 Å². The van der Waals surface area contributed by atoms with E-state index in [-0.39, 0.29) is 41.0 Å². The summed E-state index contributed by atoms with van der Waals surface area (Å²) in [4.78, 5) is 22.9. The van der Waals surface area contributed by atoms with Crippen LogP contribution in [0.25, 0.3) is 11.2 Å². The summed E-state index contributed by atoms with van der Waals surface area (Å²) in [7, 11) is -5.52. The highest BCUT2D eigenvalue weighted by Crippen LogP contribution is 2.47. The smallest absolute Gasteiger partial charge is 0.280 e. The van der Waals surface area contributed by atoms with Crippen molar-refractivity contribution >= 4 is 35.5 Å².